The summed E-state index contributed by atoms with van der Waals surface area (Å²) >= 11 is 3.37. The number of alkyl halides is 1. The van der Waals surface area contributed by atoms with Gasteiger partial charge in [-0.15, -0.1) is 0 Å². The molecule has 16 heavy (non-hydrogen) atoms. The van der Waals surface area contributed by atoms with Crippen LogP contribution in [0.2, 0.25) is 0 Å². The van der Waals surface area contributed by atoms with Gasteiger partial charge in [0.25, 0.3) is 0 Å². The number of carbonyl (C=O) groups excluding carboxylic acids is 2. The van der Waals surface area contributed by atoms with Gasteiger partial charge in [-0.1, -0.05) is 15.9 Å². The molecule has 5 nitrogen and oxygen atoms in total. The summed E-state index contributed by atoms with van der Waals surface area (Å²) in [6.07, 6.45) is 0.439. The lowest BCUT2D eigenvalue weighted by molar-refractivity contribution is -0.117. The van der Waals surface area contributed by atoms with Crippen LogP contribution in [0.4, 0.5) is 5.88 Å². The number of anilines is 1. The highest BCUT2D eigenvalue weighted by Crippen LogP contribution is 2.26. The summed E-state index contributed by atoms with van der Waals surface area (Å²) in [4.78, 5) is 24.3. The number of hydrogen-bond acceptors (Lipinski definition) is 4. The highest BCUT2D eigenvalue weighted by molar-refractivity contribution is 9.09. The molecule has 1 unspecified atom stereocenters. The summed E-state index contributed by atoms with van der Waals surface area (Å²) in [5.41, 5.74) is 0. The largest absolute Gasteiger partial charge is 0.463 e. The normalized spacial score (nSPS) is 20.2. The van der Waals surface area contributed by atoms with Gasteiger partial charge >= 0.3 is 5.97 Å². The number of furan rings is 1. The van der Waals surface area contributed by atoms with Crippen LogP contribution in [0.15, 0.2) is 16.5 Å². The maximum absolute atomic E-state index is 11.6. The van der Waals surface area contributed by atoms with Crippen LogP contribution >= 0.6 is 15.9 Å². The number of rotatable bonds is 2. The zero-order valence-electron chi connectivity index (χ0n) is 8.60. The number of esters is 1. The lowest BCUT2D eigenvalue weighted by Gasteiger charge is -2.11. The molecular weight excluding hydrogens is 278 g/mol. The first kappa shape index (κ1) is 11.2. The predicted molar refractivity (Wildman–Crippen MR) is 59.7 cm³/mol. The fourth-order valence-electron chi connectivity index (χ4n) is 1.56. The van der Waals surface area contributed by atoms with Crippen LogP contribution in [0.1, 0.15) is 17.0 Å². The Bertz CT molecular complexity index is 428. The summed E-state index contributed by atoms with van der Waals surface area (Å²) in [5.74, 6) is -0.0865. The molecule has 0 radical (unpaired) electrons. The quantitative estimate of drug-likeness (QED) is 0.612. The molecule has 2 rings (SSSR count). The monoisotopic (exact) mass is 287 g/mol. The molecule has 1 fully saturated rings. The number of nitrogens with zero attached hydrogens (tertiary/aromatic N) is 1. The highest BCUT2D eigenvalue weighted by atomic mass is 79.9. The maximum atomic E-state index is 11.6. The average Bonchev–Trinajstić information content (AvgIpc) is 2.83. The Morgan fingerprint density at radius 2 is 2.38 bits per heavy atom. The van der Waals surface area contributed by atoms with Crippen LogP contribution in [-0.2, 0) is 9.53 Å². The van der Waals surface area contributed by atoms with Crippen molar-refractivity contribution < 1.29 is 18.7 Å². The maximum Gasteiger partial charge on any atom is 0.374 e. The molecule has 1 aliphatic heterocycles. The predicted octanol–water partition coefficient (Wildman–Crippen LogP) is 1.57. The Hall–Kier alpha value is -1.30. The van der Waals surface area contributed by atoms with Crippen molar-refractivity contribution in [1.82, 2.24) is 0 Å². The fourth-order valence-corrected chi connectivity index (χ4v) is 2.13. The summed E-state index contributed by atoms with van der Waals surface area (Å²) < 4.78 is 9.76. The summed E-state index contributed by atoms with van der Waals surface area (Å²) in [6.45, 7) is 0.549. The summed E-state index contributed by atoms with van der Waals surface area (Å²) in [6, 6.07) is 3.09. The molecule has 1 amide bonds. The second-order valence-corrected chi connectivity index (χ2v) is 4.73. The van der Waals surface area contributed by atoms with Crippen molar-refractivity contribution in [2.24, 2.45) is 0 Å². The van der Waals surface area contributed by atoms with E-state index in [9.17, 15) is 9.59 Å². The molecule has 1 aromatic heterocycles. The molecule has 1 aromatic rings. The number of ether oxygens (including phenoxy) is 1. The number of amides is 1. The first-order chi connectivity index (χ1) is 7.61. The van der Waals surface area contributed by atoms with E-state index in [0.29, 0.717) is 18.8 Å². The van der Waals surface area contributed by atoms with Gasteiger partial charge in [0, 0.05) is 23.9 Å². The van der Waals surface area contributed by atoms with Gasteiger partial charge in [-0.05, 0) is 6.07 Å². The Kier molecular flexibility index (Phi) is 3.00. The van der Waals surface area contributed by atoms with Crippen molar-refractivity contribution in [2.45, 2.75) is 11.2 Å². The molecule has 0 bridgehead atoms. The second kappa shape index (κ2) is 4.29. The van der Waals surface area contributed by atoms with Crippen molar-refractivity contribution >= 4 is 33.7 Å². The lowest BCUT2D eigenvalue weighted by Crippen LogP contribution is -2.23. The third-order valence-corrected chi connectivity index (χ3v) is 2.94. The molecule has 0 N–H and O–H groups in total. The average molecular weight is 288 g/mol. The topological polar surface area (TPSA) is 59.8 Å². The fraction of sp³-hybridized carbons (Fsp3) is 0.400. The number of carbonyl (C=O) groups is 2. The van der Waals surface area contributed by atoms with E-state index < -0.39 is 5.97 Å². The minimum absolute atomic E-state index is 0.0207. The molecule has 86 valence electrons. The van der Waals surface area contributed by atoms with Gasteiger partial charge in [-0.2, -0.15) is 0 Å². The van der Waals surface area contributed by atoms with Crippen molar-refractivity contribution in [3.63, 3.8) is 0 Å². The summed E-state index contributed by atoms with van der Waals surface area (Å²) in [5, 5.41) is 0. The van der Waals surface area contributed by atoms with Crippen LogP contribution in [0.25, 0.3) is 0 Å². The van der Waals surface area contributed by atoms with E-state index in [1.807, 2.05) is 0 Å². The van der Waals surface area contributed by atoms with Crippen molar-refractivity contribution in [1.29, 1.82) is 0 Å². The first-order valence-electron chi connectivity index (χ1n) is 4.74. The Morgan fingerprint density at radius 3 is 2.94 bits per heavy atom. The smallest absolute Gasteiger partial charge is 0.374 e. The molecule has 1 saturated heterocycles. The molecule has 0 saturated carbocycles. The standard InChI is InChI=1S/C10H10BrNO4/c1-15-10(14)7-2-3-9(16-7)12-5-6(11)4-8(12)13/h2-3,6H,4-5H2,1H3. The van der Waals surface area contributed by atoms with Crippen LogP contribution in [0.3, 0.4) is 0 Å². The van der Waals surface area contributed by atoms with Gasteiger partial charge in [0.1, 0.15) is 0 Å². The first-order valence-corrected chi connectivity index (χ1v) is 5.66. The number of halogens is 1. The zero-order chi connectivity index (χ0) is 11.7. The van der Waals surface area contributed by atoms with Gasteiger partial charge < -0.3 is 9.15 Å². The van der Waals surface area contributed by atoms with Gasteiger partial charge in [0.2, 0.25) is 17.6 Å². The highest BCUT2D eigenvalue weighted by Gasteiger charge is 2.31. The van der Waals surface area contributed by atoms with E-state index in [2.05, 4.69) is 20.7 Å². The Balaban J connectivity index is 2.19. The molecule has 1 atom stereocenters. The Morgan fingerprint density at radius 1 is 1.62 bits per heavy atom. The van der Waals surface area contributed by atoms with Crippen molar-refractivity contribution in [2.75, 3.05) is 18.6 Å². The van der Waals surface area contributed by atoms with Crippen molar-refractivity contribution in [3.8, 4) is 0 Å². The van der Waals surface area contributed by atoms with Crippen LogP contribution in [0, 0.1) is 0 Å². The van der Waals surface area contributed by atoms with E-state index >= 15 is 0 Å². The molecule has 2 heterocycles. The van der Waals surface area contributed by atoms with E-state index in [-0.39, 0.29) is 16.5 Å². The summed E-state index contributed by atoms with van der Waals surface area (Å²) in [7, 11) is 1.28. The second-order valence-electron chi connectivity index (χ2n) is 3.44. The van der Waals surface area contributed by atoms with Crippen LogP contribution in [-0.4, -0.2) is 30.4 Å². The molecule has 0 aliphatic carbocycles. The van der Waals surface area contributed by atoms with Crippen molar-refractivity contribution in [3.05, 3.63) is 17.9 Å². The molecule has 0 aromatic carbocycles. The van der Waals surface area contributed by atoms with E-state index in [0.717, 1.165) is 0 Å². The Labute approximate surface area is 100 Å². The lowest BCUT2D eigenvalue weighted by atomic mass is 10.4. The van der Waals surface area contributed by atoms with E-state index in [1.165, 1.54) is 18.1 Å². The van der Waals surface area contributed by atoms with E-state index in [4.69, 9.17) is 4.42 Å². The molecule has 0 spiro atoms. The molecule has 6 heteroatoms. The minimum atomic E-state index is -0.548. The van der Waals surface area contributed by atoms with Gasteiger partial charge in [0.15, 0.2) is 0 Å². The van der Waals surface area contributed by atoms with Gasteiger partial charge in [0.05, 0.1) is 7.11 Å². The van der Waals surface area contributed by atoms with Gasteiger partial charge in [-0.3, -0.25) is 9.69 Å². The third kappa shape index (κ3) is 1.97. The van der Waals surface area contributed by atoms with Gasteiger partial charge in [-0.25, -0.2) is 4.79 Å². The van der Waals surface area contributed by atoms with E-state index in [1.54, 1.807) is 6.07 Å². The molecular formula is C10H10BrNO4. The van der Waals surface area contributed by atoms with Crippen LogP contribution in [0.5, 0.6) is 0 Å². The number of hydrogen-bond donors (Lipinski definition) is 0. The SMILES string of the molecule is COC(=O)c1ccc(N2CC(Br)CC2=O)o1. The third-order valence-electron chi connectivity index (χ3n) is 2.32. The zero-order valence-corrected chi connectivity index (χ0v) is 10.2. The minimum Gasteiger partial charge on any atom is -0.463 e. The number of methoxy groups -OCH3 is 1. The molecule has 1 aliphatic rings. The van der Waals surface area contributed by atoms with Crippen LogP contribution < -0.4 is 4.90 Å².